The molecule has 1 saturated heterocycles. The highest BCUT2D eigenvalue weighted by Gasteiger charge is 2.47. The summed E-state index contributed by atoms with van der Waals surface area (Å²) in [6.07, 6.45) is -4.65. The fourth-order valence-corrected chi connectivity index (χ4v) is 3.92. The Kier molecular flexibility index (Phi) is 6.10. The molecule has 1 N–H and O–H groups in total. The van der Waals surface area contributed by atoms with E-state index in [9.17, 15) is 27.9 Å². The predicted molar refractivity (Wildman–Crippen MR) is 121 cm³/mol. The fraction of sp³-hybridized carbons (Fsp3) is 0.120. The van der Waals surface area contributed by atoms with E-state index in [4.69, 9.17) is 16.3 Å². The van der Waals surface area contributed by atoms with Gasteiger partial charge in [-0.05, 0) is 60.2 Å². The first-order valence-corrected chi connectivity index (χ1v) is 10.4. The number of methoxy groups -OCH3 is 1. The van der Waals surface area contributed by atoms with Gasteiger partial charge in [0, 0.05) is 16.3 Å². The minimum absolute atomic E-state index is 0.134. The molecule has 0 bridgehead atoms. The number of halogens is 4. The van der Waals surface area contributed by atoms with Crippen LogP contribution in [0.15, 0.2) is 78.4 Å². The lowest BCUT2D eigenvalue weighted by Crippen LogP contribution is -2.29. The number of benzene rings is 3. The van der Waals surface area contributed by atoms with Crippen LogP contribution in [0.1, 0.15) is 22.7 Å². The smallest absolute Gasteiger partial charge is 0.416 e. The van der Waals surface area contributed by atoms with Gasteiger partial charge in [0.25, 0.3) is 11.7 Å². The van der Waals surface area contributed by atoms with Crippen molar-refractivity contribution < 1.29 is 32.6 Å². The number of rotatable bonds is 4. The van der Waals surface area contributed by atoms with Gasteiger partial charge in [0.15, 0.2) is 0 Å². The number of carbonyl (C=O) groups excluding carboxylic acids is 2. The number of alkyl halides is 3. The van der Waals surface area contributed by atoms with Gasteiger partial charge in [0.2, 0.25) is 0 Å². The van der Waals surface area contributed by atoms with Crippen molar-refractivity contribution in [2.24, 2.45) is 0 Å². The van der Waals surface area contributed by atoms with Crippen LogP contribution in [0.25, 0.3) is 5.76 Å². The van der Waals surface area contributed by atoms with E-state index < -0.39 is 35.2 Å². The molecule has 0 aromatic heterocycles. The molecule has 0 radical (unpaired) electrons. The lowest BCUT2D eigenvalue weighted by atomic mass is 9.95. The summed E-state index contributed by atoms with van der Waals surface area (Å²) in [4.78, 5) is 27.1. The van der Waals surface area contributed by atoms with Crippen LogP contribution < -0.4 is 9.64 Å². The maximum Gasteiger partial charge on any atom is 0.416 e. The molecule has 3 aromatic rings. The van der Waals surface area contributed by atoms with E-state index in [2.05, 4.69) is 0 Å². The van der Waals surface area contributed by atoms with Crippen LogP contribution in [0.5, 0.6) is 5.75 Å². The molecule has 1 heterocycles. The second-order valence-electron chi connectivity index (χ2n) is 7.50. The van der Waals surface area contributed by atoms with Crippen molar-refractivity contribution in [3.63, 3.8) is 0 Å². The number of carbonyl (C=O) groups is 2. The number of ether oxygens (including phenoxy) is 1. The number of amides is 1. The average Bonchev–Trinajstić information content (AvgIpc) is 3.09. The molecule has 0 spiro atoms. The molecule has 5 nitrogen and oxygen atoms in total. The zero-order valence-electron chi connectivity index (χ0n) is 17.6. The third-order valence-corrected chi connectivity index (χ3v) is 5.70. The van der Waals surface area contributed by atoms with E-state index in [1.807, 2.05) is 0 Å². The number of aliphatic hydroxyl groups is 1. The Balaban J connectivity index is 1.92. The Morgan fingerprint density at radius 1 is 1.00 bits per heavy atom. The van der Waals surface area contributed by atoms with Crippen LogP contribution in [0.2, 0.25) is 5.02 Å². The van der Waals surface area contributed by atoms with Gasteiger partial charge in [-0.3, -0.25) is 14.5 Å². The van der Waals surface area contributed by atoms with Crippen LogP contribution in [0, 0.1) is 0 Å². The van der Waals surface area contributed by atoms with Crippen LogP contribution in [0.3, 0.4) is 0 Å². The highest BCUT2D eigenvalue weighted by Crippen LogP contribution is 2.43. The van der Waals surface area contributed by atoms with Crippen molar-refractivity contribution >= 4 is 34.7 Å². The van der Waals surface area contributed by atoms with Crippen LogP contribution in [0.4, 0.5) is 18.9 Å². The summed E-state index contributed by atoms with van der Waals surface area (Å²) in [5, 5.41) is 11.4. The van der Waals surface area contributed by atoms with E-state index in [0.29, 0.717) is 16.3 Å². The van der Waals surface area contributed by atoms with E-state index >= 15 is 0 Å². The molecule has 34 heavy (non-hydrogen) atoms. The van der Waals surface area contributed by atoms with Crippen molar-refractivity contribution in [2.45, 2.75) is 12.2 Å². The van der Waals surface area contributed by atoms with E-state index in [0.717, 1.165) is 23.1 Å². The van der Waals surface area contributed by atoms with Gasteiger partial charge in [-0.1, -0.05) is 29.8 Å². The minimum atomic E-state index is -4.65. The van der Waals surface area contributed by atoms with Gasteiger partial charge in [-0.25, -0.2) is 0 Å². The topological polar surface area (TPSA) is 66.8 Å². The third kappa shape index (κ3) is 4.24. The largest absolute Gasteiger partial charge is 0.507 e. The van der Waals surface area contributed by atoms with Gasteiger partial charge in [0.05, 0.1) is 24.3 Å². The number of aliphatic hydroxyl groups excluding tert-OH is 1. The highest BCUT2D eigenvalue weighted by molar-refractivity contribution is 6.51. The van der Waals surface area contributed by atoms with E-state index in [1.54, 1.807) is 24.3 Å². The molecule has 0 unspecified atom stereocenters. The molecule has 1 aliphatic rings. The standard InChI is InChI=1S/C25H17ClF3NO4/c1-34-19-11-7-15(8-12-19)22(31)20-21(14-5-9-17(26)10-6-14)30(24(33)23(20)32)18-4-2-3-16(13-18)25(27,28)29/h2-13,21,31H,1H3/t21-/m1/s1. The quantitative estimate of drug-likeness (QED) is 0.279. The predicted octanol–water partition coefficient (Wildman–Crippen LogP) is 5.99. The molecule has 1 atom stereocenters. The number of Topliss-reactive ketones (excluding diaryl/α,β-unsaturated/α-hetero) is 1. The summed E-state index contributed by atoms with van der Waals surface area (Å²) < 4.78 is 45.1. The maximum absolute atomic E-state index is 13.3. The van der Waals surface area contributed by atoms with Gasteiger partial charge >= 0.3 is 6.18 Å². The first kappa shape index (κ1) is 23.4. The maximum atomic E-state index is 13.3. The molecule has 9 heteroatoms. The SMILES string of the molecule is COc1ccc(C(O)=C2C(=O)C(=O)N(c3cccc(C(F)(F)F)c3)[C@@H]2c2ccc(Cl)cc2)cc1. The summed E-state index contributed by atoms with van der Waals surface area (Å²) in [6.45, 7) is 0. The summed E-state index contributed by atoms with van der Waals surface area (Å²) >= 11 is 5.98. The van der Waals surface area contributed by atoms with Crippen molar-refractivity contribution in [2.75, 3.05) is 12.0 Å². The molecule has 0 saturated carbocycles. The van der Waals surface area contributed by atoms with Crippen LogP contribution >= 0.6 is 11.6 Å². The lowest BCUT2D eigenvalue weighted by Gasteiger charge is -2.26. The molecule has 4 rings (SSSR count). The summed E-state index contributed by atoms with van der Waals surface area (Å²) in [6, 6.07) is 15.2. The van der Waals surface area contributed by atoms with Gasteiger partial charge in [0.1, 0.15) is 11.5 Å². The Hall–Kier alpha value is -3.78. The number of nitrogens with zero attached hydrogens (tertiary/aromatic N) is 1. The van der Waals surface area contributed by atoms with Crippen molar-refractivity contribution in [3.8, 4) is 5.75 Å². The first-order valence-electron chi connectivity index (χ1n) is 10.00. The molecule has 1 aliphatic heterocycles. The van der Waals surface area contributed by atoms with Crippen molar-refractivity contribution in [1.29, 1.82) is 0 Å². The monoisotopic (exact) mass is 487 g/mol. The second kappa shape index (κ2) is 8.87. The van der Waals surface area contributed by atoms with Crippen molar-refractivity contribution in [3.05, 3.63) is 100 Å². The second-order valence-corrected chi connectivity index (χ2v) is 7.93. The zero-order valence-corrected chi connectivity index (χ0v) is 18.4. The Bertz CT molecular complexity index is 1280. The number of ketones is 1. The highest BCUT2D eigenvalue weighted by atomic mass is 35.5. The molecule has 0 aliphatic carbocycles. The van der Waals surface area contributed by atoms with E-state index in [-0.39, 0.29) is 16.8 Å². The zero-order chi connectivity index (χ0) is 24.6. The minimum Gasteiger partial charge on any atom is -0.507 e. The molecular weight excluding hydrogens is 471 g/mol. The van der Waals surface area contributed by atoms with Gasteiger partial charge in [-0.15, -0.1) is 0 Å². The van der Waals surface area contributed by atoms with Crippen molar-refractivity contribution in [1.82, 2.24) is 0 Å². The summed E-state index contributed by atoms with van der Waals surface area (Å²) in [5.41, 5.74) is -0.740. The summed E-state index contributed by atoms with van der Waals surface area (Å²) in [7, 11) is 1.47. The number of hydrogen-bond acceptors (Lipinski definition) is 4. The van der Waals surface area contributed by atoms with Gasteiger partial charge in [-0.2, -0.15) is 13.2 Å². The molecule has 3 aromatic carbocycles. The Labute approximate surface area is 197 Å². The normalized spacial score (nSPS) is 17.8. The number of anilines is 1. The molecule has 1 fully saturated rings. The Morgan fingerprint density at radius 3 is 2.24 bits per heavy atom. The lowest BCUT2D eigenvalue weighted by molar-refractivity contribution is -0.137. The molecule has 1 amide bonds. The van der Waals surface area contributed by atoms with Crippen LogP contribution in [-0.4, -0.2) is 23.9 Å². The fourth-order valence-electron chi connectivity index (χ4n) is 3.80. The molecule has 174 valence electrons. The Morgan fingerprint density at radius 2 is 1.65 bits per heavy atom. The third-order valence-electron chi connectivity index (χ3n) is 5.45. The molecular formula is C25H17ClF3NO4. The summed E-state index contributed by atoms with van der Waals surface area (Å²) in [5.74, 6) is -2.04. The number of hydrogen-bond donors (Lipinski definition) is 1. The van der Waals surface area contributed by atoms with E-state index in [1.165, 1.54) is 37.4 Å². The average molecular weight is 488 g/mol. The van der Waals surface area contributed by atoms with Gasteiger partial charge < -0.3 is 9.84 Å². The first-order chi connectivity index (χ1) is 16.1. The van der Waals surface area contributed by atoms with Crippen LogP contribution in [-0.2, 0) is 15.8 Å².